The average molecular weight is 255 g/mol. The van der Waals surface area contributed by atoms with Gasteiger partial charge in [0.2, 0.25) is 0 Å². The fraction of sp³-hybridized carbons (Fsp3) is 0.375. The first kappa shape index (κ1) is 11.1. The van der Waals surface area contributed by atoms with Crippen molar-refractivity contribution in [2.45, 2.75) is 19.4 Å². The number of para-hydroxylation sites is 1. The van der Waals surface area contributed by atoms with E-state index in [0.29, 0.717) is 5.92 Å². The Kier molecular flexibility index (Phi) is 2.42. The second-order valence-electron chi connectivity index (χ2n) is 5.50. The number of hydrogen-bond acceptors (Lipinski definition) is 3. The molecule has 3 nitrogen and oxygen atoms in total. The second-order valence-corrected chi connectivity index (χ2v) is 5.50. The highest BCUT2D eigenvalue weighted by Crippen LogP contribution is 2.39. The zero-order valence-electron chi connectivity index (χ0n) is 10.8. The van der Waals surface area contributed by atoms with Crippen molar-refractivity contribution in [2.75, 3.05) is 13.1 Å². The standard InChI is InChI=1S/C16H17NO2/c18-10-13-3-1-2-12-8-15(19-16(12)13)14-9-17-6-4-11(14)5-7-17/h1-3,8-9,11,18H,4-7,10H2. The summed E-state index contributed by atoms with van der Waals surface area (Å²) in [5, 5.41) is 10.5. The van der Waals surface area contributed by atoms with E-state index >= 15 is 0 Å². The van der Waals surface area contributed by atoms with Gasteiger partial charge in [-0.15, -0.1) is 0 Å². The molecule has 1 N–H and O–H groups in total. The molecule has 1 saturated heterocycles. The van der Waals surface area contributed by atoms with Gasteiger partial charge in [0.15, 0.2) is 0 Å². The quantitative estimate of drug-likeness (QED) is 0.896. The van der Waals surface area contributed by atoms with Crippen molar-refractivity contribution in [3.05, 3.63) is 41.8 Å². The van der Waals surface area contributed by atoms with Gasteiger partial charge < -0.3 is 14.4 Å². The van der Waals surface area contributed by atoms with Crippen LogP contribution in [0.15, 0.2) is 34.9 Å². The highest BCUT2D eigenvalue weighted by molar-refractivity contribution is 5.84. The first-order valence-electron chi connectivity index (χ1n) is 6.93. The minimum absolute atomic E-state index is 0.0267. The van der Waals surface area contributed by atoms with E-state index in [1.54, 1.807) is 0 Å². The number of hydrogen-bond donors (Lipinski definition) is 1. The molecule has 0 saturated carbocycles. The van der Waals surface area contributed by atoms with Gasteiger partial charge in [0, 0.05) is 35.8 Å². The lowest BCUT2D eigenvalue weighted by atomic mass is 9.84. The van der Waals surface area contributed by atoms with Crippen LogP contribution in [0.2, 0.25) is 0 Å². The smallest absolute Gasteiger partial charge is 0.140 e. The summed E-state index contributed by atoms with van der Waals surface area (Å²) in [5.41, 5.74) is 3.03. The molecule has 0 spiro atoms. The Bertz CT molecular complexity index is 648. The molecule has 0 atom stereocenters. The number of allylic oxidation sites excluding steroid dienone is 1. The van der Waals surface area contributed by atoms with E-state index in [0.717, 1.165) is 22.3 Å². The van der Waals surface area contributed by atoms with Gasteiger partial charge >= 0.3 is 0 Å². The Labute approximate surface area is 112 Å². The lowest BCUT2D eigenvalue weighted by molar-refractivity contribution is 0.250. The molecule has 4 heterocycles. The molecule has 1 aromatic carbocycles. The Morgan fingerprint density at radius 2 is 2.11 bits per heavy atom. The van der Waals surface area contributed by atoms with E-state index in [4.69, 9.17) is 4.42 Å². The Morgan fingerprint density at radius 1 is 1.26 bits per heavy atom. The zero-order valence-corrected chi connectivity index (χ0v) is 10.8. The molecule has 98 valence electrons. The molecule has 1 fully saturated rings. The second kappa shape index (κ2) is 4.14. The Morgan fingerprint density at radius 3 is 2.79 bits per heavy atom. The maximum Gasteiger partial charge on any atom is 0.140 e. The summed E-state index contributed by atoms with van der Waals surface area (Å²) in [5.74, 6) is 1.62. The van der Waals surface area contributed by atoms with Crippen LogP contribution in [0.4, 0.5) is 0 Å². The molecule has 3 heteroatoms. The number of fused-ring (bicyclic) bond motifs is 3. The van der Waals surface area contributed by atoms with Crippen molar-refractivity contribution >= 4 is 16.5 Å². The number of furan rings is 1. The maximum atomic E-state index is 9.38. The van der Waals surface area contributed by atoms with E-state index in [-0.39, 0.29) is 6.61 Å². The molecule has 0 amide bonds. The van der Waals surface area contributed by atoms with E-state index in [1.165, 1.54) is 31.5 Å². The van der Waals surface area contributed by atoms with Gasteiger partial charge in [0.1, 0.15) is 11.3 Å². The molecule has 3 aliphatic rings. The van der Waals surface area contributed by atoms with Crippen LogP contribution in [0.3, 0.4) is 0 Å². The SMILES string of the molecule is OCc1cccc2cc(C3=CN4CCC3CC4)oc12. The first-order chi connectivity index (χ1) is 9.35. The number of nitrogens with zero attached hydrogens (tertiary/aromatic N) is 1. The van der Waals surface area contributed by atoms with Crippen LogP contribution in [0.5, 0.6) is 0 Å². The summed E-state index contributed by atoms with van der Waals surface area (Å²) in [6.45, 7) is 2.38. The highest BCUT2D eigenvalue weighted by Gasteiger charge is 2.29. The van der Waals surface area contributed by atoms with Gasteiger partial charge in [-0.2, -0.15) is 0 Å². The fourth-order valence-corrected chi connectivity index (χ4v) is 3.30. The van der Waals surface area contributed by atoms with Crippen LogP contribution in [0.25, 0.3) is 16.5 Å². The summed E-state index contributed by atoms with van der Waals surface area (Å²) in [6.07, 6.45) is 4.72. The van der Waals surface area contributed by atoms with Gasteiger partial charge in [0.25, 0.3) is 0 Å². The van der Waals surface area contributed by atoms with Crippen molar-refractivity contribution in [2.24, 2.45) is 5.92 Å². The van der Waals surface area contributed by atoms with Crippen molar-refractivity contribution in [3.63, 3.8) is 0 Å². The molecular formula is C16H17NO2. The van der Waals surface area contributed by atoms with Gasteiger partial charge in [-0.05, 0) is 24.8 Å². The van der Waals surface area contributed by atoms with Crippen LogP contribution in [0, 0.1) is 5.92 Å². The van der Waals surface area contributed by atoms with Crippen LogP contribution >= 0.6 is 0 Å². The van der Waals surface area contributed by atoms with Gasteiger partial charge in [-0.25, -0.2) is 0 Å². The lowest BCUT2D eigenvalue weighted by Gasteiger charge is -2.38. The minimum atomic E-state index is 0.0267. The van der Waals surface area contributed by atoms with Crippen LogP contribution in [0.1, 0.15) is 24.2 Å². The molecular weight excluding hydrogens is 238 g/mol. The molecule has 5 rings (SSSR count). The summed E-state index contributed by atoms with van der Waals surface area (Å²) in [6, 6.07) is 8.05. The molecule has 1 aromatic heterocycles. The molecule has 19 heavy (non-hydrogen) atoms. The number of benzene rings is 1. The van der Waals surface area contributed by atoms with Crippen molar-refractivity contribution in [1.82, 2.24) is 4.90 Å². The van der Waals surface area contributed by atoms with Crippen LogP contribution in [-0.4, -0.2) is 23.1 Å². The van der Waals surface area contributed by atoms with Gasteiger partial charge in [0.05, 0.1) is 6.61 Å². The van der Waals surface area contributed by atoms with Crippen molar-refractivity contribution < 1.29 is 9.52 Å². The molecule has 0 aliphatic carbocycles. The summed E-state index contributed by atoms with van der Waals surface area (Å²) in [7, 11) is 0. The van der Waals surface area contributed by atoms with Gasteiger partial charge in [-0.3, -0.25) is 0 Å². The zero-order chi connectivity index (χ0) is 12.8. The monoisotopic (exact) mass is 255 g/mol. The third kappa shape index (κ3) is 1.69. The van der Waals surface area contributed by atoms with Crippen molar-refractivity contribution in [1.29, 1.82) is 0 Å². The summed E-state index contributed by atoms with van der Waals surface area (Å²) < 4.78 is 6.03. The van der Waals surface area contributed by atoms with E-state index in [1.807, 2.05) is 18.2 Å². The maximum absolute atomic E-state index is 9.38. The third-order valence-corrected chi connectivity index (χ3v) is 4.37. The number of piperidine rings is 1. The van der Waals surface area contributed by atoms with Crippen LogP contribution in [-0.2, 0) is 6.61 Å². The van der Waals surface area contributed by atoms with E-state index in [9.17, 15) is 5.11 Å². The molecule has 3 aliphatic heterocycles. The summed E-state index contributed by atoms with van der Waals surface area (Å²) >= 11 is 0. The summed E-state index contributed by atoms with van der Waals surface area (Å²) in [4.78, 5) is 2.38. The predicted octanol–water partition coefficient (Wildman–Crippen LogP) is 2.99. The average Bonchev–Trinajstić information content (AvgIpc) is 2.92. The topological polar surface area (TPSA) is 36.6 Å². The van der Waals surface area contributed by atoms with Gasteiger partial charge in [-0.1, -0.05) is 18.2 Å². The highest BCUT2D eigenvalue weighted by atomic mass is 16.3. The Hall–Kier alpha value is -1.74. The predicted molar refractivity (Wildman–Crippen MR) is 74.4 cm³/mol. The molecule has 2 bridgehead atoms. The van der Waals surface area contributed by atoms with E-state index < -0.39 is 0 Å². The van der Waals surface area contributed by atoms with Crippen molar-refractivity contribution in [3.8, 4) is 0 Å². The number of aliphatic hydroxyl groups excluding tert-OH is 1. The molecule has 0 unspecified atom stereocenters. The normalized spacial score (nSPS) is 19.2. The first-order valence-corrected chi connectivity index (χ1v) is 6.93. The largest absolute Gasteiger partial charge is 0.456 e. The molecule has 0 radical (unpaired) electrons. The van der Waals surface area contributed by atoms with Crippen LogP contribution < -0.4 is 0 Å². The number of aliphatic hydroxyl groups is 1. The molecule has 2 aromatic rings. The minimum Gasteiger partial charge on any atom is -0.456 e. The lowest BCUT2D eigenvalue weighted by Crippen LogP contribution is -2.35. The Balaban J connectivity index is 1.84. The fourth-order valence-electron chi connectivity index (χ4n) is 3.30. The number of rotatable bonds is 2. The van der Waals surface area contributed by atoms with E-state index in [2.05, 4.69) is 17.2 Å². The third-order valence-electron chi connectivity index (χ3n) is 4.37.